The maximum Gasteiger partial charge on any atom is 0.350 e. The molecule has 0 aliphatic rings. The van der Waals surface area contributed by atoms with Crippen LogP contribution in [0, 0.1) is 13.8 Å². The number of rotatable bonds is 3. The lowest BCUT2D eigenvalue weighted by atomic mass is 10.2. The number of aryl methyl sites for hydroxylation is 2. The smallest absolute Gasteiger partial charge is 0.350 e. The fraction of sp³-hybridized carbons (Fsp3) is 0.231. The highest BCUT2D eigenvalue weighted by Crippen LogP contribution is 2.28. The first-order valence-corrected chi connectivity index (χ1v) is 6.45. The van der Waals surface area contributed by atoms with E-state index in [9.17, 15) is 9.59 Å². The second kappa shape index (κ2) is 5.27. The number of nitrogens with one attached hydrogen (secondary N) is 1. The fourth-order valence-corrected chi connectivity index (χ4v) is 2.50. The van der Waals surface area contributed by atoms with Crippen molar-refractivity contribution in [3.05, 3.63) is 39.5 Å². The molecule has 19 heavy (non-hydrogen) atoms. The van der Waals surface area contributed by atoms with Crippen molar-refractivity contribution in [2.75, 3.05) is 12.4 Å². The molecule has 0 radical (unpaired) electrons. The predicted octanol–water partition coefficient (Wildman–Crippen LogP) is 3.00. The Bertz CT molecular complexity index is 626. The molecule has 0 atom stereocenters. The summed E-state index contributed by atoms with van der Waals surface area (Å²) in [5.41, 5.74) is 1.28. The molecule has 0 aliphatic heterocycles. The maximum absolute atomic E-state index is 12.0. The van der Waals surface area contributed by atoms with E-state index in [2.05, 4.69) is 10.1 Å². The first-order chi connectivity index (χ1) is 9.02. The average molecular weight is 279 g/mol. The van der Waals surface area contributed by atoms with Crippen molar-refractivity contribution in [1.82, 2.24) is 0 Å². The number of carbonyl (C=O) groups is 2. The van der Waals surface area contributed by atoms with Crippen LogP contribution in [0.1, 0.15) is 31.6 Å². The zero-order valence-electron chi connectivity index (χ0n) is 10.8. The van der Waals surface area contributed by atoms with Gasteiger partial charge in [0.15, 0.2) is 5.76 Å². The molecule has 2 heterocycles. The van der Waals surface area contributed by atoms with Crippen molar-refractivity contribution in [1.29, 1.82) is 0 Å². The summed E-state index contributed by atoms with van der Waals surface area (Å²) in [6.07, 6.45) is 0. The van der Waals surface area contributed by atoms with Gasteiger partial charge in [-0.1, -0.05) is 0 Å². The molecule has 1 N–H and O–H groups in total. The number of hydrogen-bond acceptors (Lipinski definition) is 5. The normalized spacial score (nSPS) is 10.3. The van der Waals surface area contributed by atoms with E-state index in [1.165, 1.54) is 18.4 Å². The van der Waals surface area contributed by atoms with E-state index in [1.807, 2.05) is 6.92 Å². The maximum atomic E-state index is 12.0. The highest BCUT2D eigenvalue weighted by atomic mass is 32.1. The van der Waals surface area contributed by atoms with E-state index in [0.717, 1.165) is 5.56 Å². The topological polar surface area (TPSA) is 68.5 Å². The number of furan rings is 1. The minimum absolute atomic E-state index is 0.207. The summed E-state index contributed by atoms with van der Waals surface area (Å²) in [6.45, 7) is 3.57. The molecule has 0 unspecified atom stereocenters. The minimum atomic E-state index is -0.468. The van der Waals surface area contributed by atoms with Gasteiger partial charge in [-0.15, -0.1) is 11.3 Å². The van der Waals surface area contributed by atoms with Crippen LogP contribution in [0.2, 0.25) is 0 Å². The standard InChI is InChI=1S/C13H13NO4S/c1-7-6-19-11(13(16)17-3)10(7)14-12(15)9-5-4-8(2)18-9/h4-6H,1-3H3,(H,14,15). The van der Waals surface area contributed by atoms with Crippen LogP contribution in [0.5, 0.6) is 0 Å². The number of ether oxygens (including phenoxy) is 1. The summed E-state index contributed by atoms with van der Waals surface area (Å²) in [4.78, 5) is 23.9. The van der Waals surface area contributed by atoms with Crippen LogP contribution < -0.4 is 5.32 Å². The molecule has 0 fully saturated rings. The van der Waals surface area contributed by atoms with Crippen LogP contribution in [0.15, 0.2) is 21.9 Å². The quantitative estimate of drug-likeness (QED) is 0.877. The van der Waals surface area contributed by atoms with E-state index in [-0.39, 0.29) is 11.7 Å². The number of methoxy groups -OCH3 is 1. The summed E-state index contributed by atoms with van der Waals surface area (Å²) in [7, 11) is 1.30. The van der Waals surface area contributed by atoms with Gasteiger partial charge in [0.2, 0.25) is 0 Å². The number of amides is 1. The van der Waals surface area contributed by atoms with Crippen molar-refractivity contribution in [3.63, 3.8) is 0 Å². The first-order valence-electron chi connectivity index (χ1n) is 5.57. The molecule has 0 aliphatic carbocycles. The Balaban J connectivity index is 2.26. The van der Waals surface area contributed by atoms with Gasteiger partial charge >= 0.3 is 5.97 Å². The van der Waals surface area contributed by atoms with Gasteiger partial charge in [-0.05, 0) is 36.9 Å². The molecule has 2 rings (SSSR count). The fourth-order valence-electron chi connectivity index (χ4n) is 1.57. The third-order valence-corrected chi connectivity index (χ3v) is 3.63. The molecule has 0 saturated heterocycles. The zero-order chi connectivity index (χ0) is 14.0. The number of carbonyl (C=O) groups excluding carboxylic acids is 2. The van der Waals surface area contributed by atoms with Crippen LogP contribution in [0.4, 0.5) is 5.69 Å². The van der Waals surface area contributed by atoms with Crippen LogP contribution in [0.25, 0.3) is 0 Å². The van der Waals surface area contributed by atoms with E-state index in [4.69, 9.17) is 4.42 Å². The lowest BCUT2D eigenvalue weighted by Gasteiger charge is -2.05. The van der Waals surface area contributed by atoms with Crippen LogP contribution in [0.3, 0.4) is 0 Å². The lowest BCUT2D eigenvalue weighted by Crippen LogP contribution is -2.14. The summed E-state index contributed by atoms with van der Waals surface area (Å²) in [5, 5.41) is 4.47. The molecule has 6 heteroatoms. The minimum Gasteiger partial charge on any atom is -0.465 e. The molecule has 0 aromatic carbocycles. The molecular weight excluding hydrogens is 266 g/mol. The number of thiophene rings is 1. The van der Waals surface area contributed by atoms with Gasteiger partial charge in [0.25, 0.3) is 5.91 Å². The lowest BCUT2D eigenvalue weighted by molar-refractivity contribution is 0.0607. The summed E-state index contributed by atoms with van der Waals surface area (Å²) >= 11 is 1.23. The van der Waals surface area contributed by atoms with Crippen LogP contribution >= 0.6 is 11.3 Å². The molecule has 100 valence electrons. The molecule has 1 amide bonds. The van der Waals surface area contributed by atoms with E-state index in [0.29, 0.717) is 16.3 Å². The first kappa shape index (κ1) is 13.4. The highest BCUT2D eigenvalue weighted by molar-refractivity contribution is 7.12. The molecule has 5 nitrogen and oxygen atoms in total. The SMILES string of the molecule is COC(=O)c1scc(C)c1NC(=O)c1ccc(C)o1. The number of anilines is 1. The Labute approximate surface area is 114 Å². The molecule has 0 bridgehead atoms. The zero-order valence-corrected chi connectivity index (χ0v) is 11.6. The van der Waals surface area contributed by atoms with Gasteiger partial charge < -0.3 is 14.5 Å². The Hall–Kier alpha value is -2.08. The Morgan fingerprint density at radius 1 is 1.32 bits per heavy atom. The molecular formula is C13H13NO4S. The monoisotopic (exact) mass is 279 g/mol. The third kappa shape index (κ3) is 2.68. The van der Waals surface area contributed by atoms with Gasteiger partial charge in [0.05, 0.1) is 12.8 Å². The van der Waals surface area contributed by atoms with Crippen molar-refractivity contribution in [2.24, 2.45) is 0 Å². The van der Waals surface area contributed by atoms with Crippen molar-refractivity contribution < 1.29 is 18.7 Å². The molecule has 0 saturated carbocycles. The van der Waals surface area contributed by atoms with E-state index < -0.39 is 5.97 Å². The van der Waals surface area contributed by atoms with Crippen molar-refractivity contribution >= 4 is 28.9 Å². The Kier molecular flexibility index (Phi) is 3.71. The average Bonchev–Trinajstić information content (AvgIpc) is 2.96. The van der Waals surface area contributed by atoms with Gasteiger partial charge in [-0.2, -0.15) is 0 Å². The van der Waals surface area contributed by atoms with E-state index >= 15 is 0 Å². The third-order valence-electron chi connectivity index (χ3n) is 2.55. The Morgan fingerprint density at radius 2 is 2.05 bits per heavy atom. The number of esters is 1. The predicted molar refractivity (Wildman–Crippen MR) is 71.8 cm³/mol. The van der Waals surface area contributed by atoms with Gasteiger partial charge in [0.1, 0.15) is 10.6 Å². The highest BCUT2D eigenvalue weighted by Gasteiger charge is 2.20. The van der Waals surface area contributed by atoms with Crippen LogP contribution in [-0.2, 0) is 4.74 Å². The second-order valence-electron chi connectivity index (χ2n) is 3.98. The Morgan fingerprint density at radius 3 is 2.63 bits per heavy atom. The summed E-state index contributed by atoms with van der Waals surface area (Å²) in [5.74, 6) is 0.00285. The molecule has 2 aromatic rings. The van der Waals surface area contributed by atoms with Gasteiger partial charge in [0, 0.05) is 0 Å². The van der Waals surface area contributed by atoms with Crippen LogP contribution in [-0.4, -0.2) is 19.0 Å². The summed E-state index contributed by atoms with van der Waals surface area (Å²) in [6, 6.07) is 3.29. The van der Waals surface area contributed by atoms with Crippen molar-refractivity contribution in [2.45, 2.75) is 13.8 Å². The van der Waals surface area contributed by atoms with Gasteiger partial charge in [-0.3, -0.25) is 4.79 Å². The molecule has 0 spiro atoms. The van der Waals surface area contributed by atoms with Gasteiger partial charge in [-0.25, -0.2) is 4.79 Å². The second-order valence-corrected chi connectivity index (χ2v) is 4.86. The van der Waals surface area contributed by atoms with Crippen molar-refractivity contribution in [3.8, 4) is 0 Å². The molecule has 2 aromatic heterocycles. The number of hydrogen-bond donors (Lipinski definition) is 1. The van der Waals surface area contributed by atoms with E-state index in [1.54, 1.807) is 24.4 Å². The summed E-state index contributed by atoms with van der Waals surface area (Å²) < 4.78 is 9.91. The largest absolute Gasteiger partial charge is 0.465 e.